The fraction of sp³-hybridized carbons (Fsp3) is 0.440. The van der Waals surface area contributed by atoms with Gasteiger partial charge in [0.2, 0.25) is 11.8 Å². The summed E-state index contributed by atoms with van der Waals surface area (Å²) in [5.74, 6) is 1.69. The van der Waals surface area contributed by atoms with Crippen molar-refractivity contribution in [1.29, 1.82) is 0 Å². The highest BCUT2D eigenvalue weighted by Gasteiger charge is 2.28. The summed E-state index contributed by atoms with van der Waals surface area (Å²) in [5, 5.41) is 3.14. The maximum Gasteiger partial charge on any atom is 0.242 e. The van der Waals surface area contributed by atoms with Crippen molar-refractivity contribution in [3.63, 3.8) is 0 Å². The molecule has 0 radical (unpaired) electrons. The smallest absolute Gasteiger partial charge is 0.242 e. The summed E-state index contributed by atoms with van der Waals surface area (Å²) >= 11 is 5.01. The quantitative estimate of drug-likeness (QED) is 0.471. The van der Waals surface area contributed by atoms with E-state index in [4.69, 9.17) is 4.74 Å². The van der Waals surface area contributed by atoms with Gasteiger partial charge in [0.15, 0.2) is 0 Å². The fourth-order valence-corrected chi connectivity index (χ4v) is 5.00. The number of carbonyl (C=O) groups excluding carboxylic acids is 2. The zero-order valence-corrected chi connectivity index (χ0v) is 21.1. The highest BCUT2D eigenvalue weighted by atomic mass is 79.9. The highest BCUT2D eigenvalue weighted by Crippen LogP contribution is 2.21. The van der Waals surface area contributed by atoms with E-state index in [9.17, 15) is 9.59 Å². The Kier molecular flexibility index (Phi) is 9.48. The van der Waals surface area contributed by atoms with Crippen molar-refractivity contribution in [2.24, 2.45) is 0 Å². The molecule has 1 aliphatic carbocycles. The molecule has 32 heavy (non-hydrogen) atoms. The van der Waals surface area contributed by atoms with Crippen LogP contribution >= 0.6 is 27.7 Å². The molecule has 0 unspecified atom stereocenters. The largest absolute Gasteiger partial charge is 0.497 e. The second-order valence-electron chi connectivity index (χ2n) is 8.16. The molecule has 0 bridgehead atoms. The van der Waals surface area contributed by atoms with Gasteiger partial charge in [0, 0.05) is 22.8 Å². The first-order chi connectivity index (χ1) is 15.5. The van der Waals surface area contributed by atoms with Crippen LogP contribution in [0.5, 0.6) is 5.75 Å². The predicted molar refractivity (Wildman–Crippen MR) is 134 cm³/mol. The molecule has 0 aromatic heterocycles. The van der Waals surface area contributed by atoms with Crippen molar-refractivity contribution in [1.82, 2.24) is 10.2 Å². The summed E-state index contributed by atoms with van der Waals surface area (Å²) in [4.78, 5) is 27.8. The highest BCUT2D eigenvalue weighted by molar-refractivity contribution is 9.10. The minimum atomic E-state index is -0.539. The van der Waals surface area contributed by atoms with Crippen LogP contribution in [0.3, 0.4) is 0 Å². The van der Waals surface area contributed by atoms with Crippen molar-refractivity contribution >= 4 is 39.5 Å². The van der Waals surface area contributed by atoms with Gasteiger partial charge in [-0.25, -0.2) is 0 Å². The van der Waals surface area contributed by atoms with E-state index in [1.807, 2.05) is 55.5 Å². The third-order valence-electron chi connectivity index (χ3n) is 5.76. The van der Waals surface area contributed by atoms with Crippen LogP contribution in [0.4, 0.5) is 0 Å². The molecule has 1 atom stereocenters. The maximum atomic E-state index is 13.2. The SMILES string of the molecule is COc1cccc(CN(C(=O)CSCc2ccc(Br)cc2)[C@@H](C)C(=O)NC2CCCC2)c1. The van der Waals surface area contributed by atoms with Gasteiger partial charge in [0.25, 0.3) is 0 Å². The number of rotatable bonds is 10. The second-order valence-corrected chi connectivity index (χ2v) is 10.1. The van der Waals surface area contributed by atoms with E-state index in [-0.39, 0.29) is 17.9 Å². The Labute approximate surface area is 203 Å². The molecule has 172 valence electrons. The van der Waals surface area contributed by atoms with E-state index in [0.29, 0.717) is 12.3 Å². The molecular formula is C25H31BrN2O3S. The Bertz CT molecular complexity index is 900. The Morgan fingerprint density at radius 1 is 1.16 bits per heavy atom. The zero-order chi connectivity index (χ0) is 22.9. The summed E-state index contributed by atoms with van der Waals surface area (Å²) in [5.41, 5.74) is 2.11. The van der Waals surface area contributed by atoms with Gasteiger partial charge < -0.3 is 15.0 Å². The molecule has 0 spiro atoms. The molecule has 1 fully saturated rings. The molecule has 2 amide bonds. The lowest BCUT2D eigenvalue weighted by atomic mass is 10.1. The third-order valence-corrected chi connectivity index (χ3v) is 7.28. The van der Waals surface area contributed by atoms with Crippen molar-refractivity contribution in [2.75, 3.05) is 12.9 Å². The van der Waals surface area contributed by atoms with Crippen LogP contribution in [0.15, 0.2) is 53.0 Å². The minimum Gasteiger partial charge on any atom is -0.497 e. The summed E-state index contributed by atoms with van der Waals surface area (Å²) in [6, 6.07) is 15.4. The van der Waals surface area contributed by atoms with Crippen LogP contribution in [0.25, 0.3) is 0 Å². The van der Waals surface area contributed by atoms with E-state index < -0.39 is 6.04 Å². The number of methoxy groups -OCH3 is 1. The van der Waals surface area contributed by atoms with E-state index in [0.717, 1.165) is 52.8 Å². The standard InChI is InChI=1S/C25H31BrN2O3S/c1-18(25(30)27-22-7-3-4-8-22)28(15-20-6-5-9-23(14-20)31-2)24(29)17-32-16-19-10-12-21(26)13-11-19/h5-6,9-14,18,22H,3-4,7-8,15-17H2,1-2H3,(H,27,30)/t18-/m0/s1. The number of hydrogen-bond donors (Lipinski definition) is 1. The third kappa shape index (κ3) is 7.27. The molecule has 1 aliphatic rings. The molecule has 0 aliphatic heterocycles. The summed E-state index contributed by atoms with van der Waals surface area (Å²) in [6.45, 7) is 2.19. The number of carbonyl (C=O) groups is 2. The first kappa shape index (κ1) is 24.6. The molecule has 5 nitrogen and oxygen atoms in total. The van der Waals surface area contributed by atoms with Gasteiger partial charge in [0.05, 0.1) is 12.9 Å². The molecule has 1 N–H and O–H groups in total. The first-order valence-corrected chi connectivity index (χ1v) is 13.0. The Morgan fingerprint density at radius 2 is 1.88 bits per heavy atom. The Morgan fingerprint density at radius 3 is 2.56 bits per heavy atom. The van der Waals surface area contributed by atoms with E-state index in [2.05, 4.69) is 21.2 Å². The second kappa shape index (κ2) is 12.3. The number of amides is 2. The van der Waals surface area contributed by atoms with Gasteiger partial charge in [-0.05, 0) is 55.2 Å². The molecule has 0 heterocycles. The van der Waals surface area contributed by atoms with Crippen LogP contribution < -0.4 is 10.1 Å². The van der Waals surface area contributed by atoms with Crippen molar-refractivity contribution < 1.29 is 14.3 Å². The van der Waals surface area contributed by atoms with Gasteiger partial charge >= 0.3 is 0 Å². The van der Waals surface area contributed by atoms with E-state index >= 15 is 0 Å². The fourth-order valence-electron chi connectivity index (χ4n) is 3.86. The molecule has 2 aromatic rings. The normalized spacial score (nSPS) is 14.7. The average Bonchev–Trinajstić information content (AvgIpc) is 3.31. The number of benzene rings is 2. The number of halogens is 1. The van der Waals surface area contributed by atoms with Gasteiger partial charge in [-0.15, -0.1) is 11.8 Å². The topological polar surface area (TPSA) is 58.6 Å². The first-order valence-electron chi connectivity index (χ1n) is 11.0. The van der Waals surface area contributed by atoms with Crippen molar-refractivity contribution in [2.45, 2.75) is 57.0 Å². The Hall–Kier alpha value is -1.99. The lowest BCUT2D eigenvalue weighted by Gasteiger charge is -2.29. The number of ether oxygens (including phenoxy) is 1. The van der Waals surface area contributed by atoms with Gasteiger partial charge in [-0.1, -0.05) is 53.0 Å². The number of nitrogens with zero attached hydrogens (tertiary/aromatic N) is 1. The maximum absolute atomic E-state index is 13.2. The minimum absolute atomic E-state index is 0.0380. The summed E-state index contributed by atoms with van der Waals surface area (Å²) in [7, 11) is 1.62. The van der Waals surface area contributed by atoms with Crippen LogP contribution in [-0.4, -0.2) is 41.7 Å². The van der Waals surface area contributed by atoms with Crippen LogP contribution in [0, 0.1) is 0 Å². The van der Waals surface area contributed by atoms with Crippen molar-refractivity contribution in [3.8, 4) is 5.75 Å². The molecule has 1 saturated carbocycles. The zero-order valence-electron chi connectivity index (χ0n) is 18.7. The summed E-state index contributed by atoms with van der Waals surface area (Å²) < 4.78 is 6.36. The van der Waals surface area contributed by atoms with Crippen LogP contribution in [0.2, 0.25) is 0 Å². The molecular weight excluding hydrogens is 488 g/mol. The van der Waals surface area contributed by atoms with Crippen LogP contribution in [0.1, 0.15) is 43.7 Å². The van der Waals surface area contributed by atoms with E-state index in [1.165, 1.54) is 0 Å². The van der Waals surface area contributed by atoms with Crippen molar-refractivity contribution in [3.05, 3.63) is 64.1 Å². The van der Waals surface area contributed by atoms with E-state index in [1.54, 1.807) is 23.8 Å². The van der Waals surface area contributed by atoms with Gasteiger partial charge in [-0.2, -0.15) is 0 Å². The predicted octanol–water partition coefficient (Wildman–Crippen LogP) is 5.17. The lowest BCUT2D eigenvalue weighted by Crippen LogP contribution is -2.50. The molecule has 3 rings (SSSR count). The van der Waals surface area contributed by atoms with Gasteiger partial charge in [-0.3, -0.25) is 9.59 Å². The van der Waals surface area contributed by atoms with Crippen LogP contribution in [-0.2, 0) is 21.9 Å². The molecule has 0 saturated heterocycles. The monoisotopic (exact) mass is 518 g/mol. The Balaban J connectivity index is 1.66. The molecule has 7 heteroatoms. The summed E-state index contributed by atoms with van der Waals surface area (Å²) in [6.07, 6.45) is 4.34. The lowest BCUT2D eigenvalue weighted by molar-refractivity contribution is -0.138. The number of nitrogens with one attached hydrogen (secondary N) is 1. The number of thioether (sulfide) groups is 1. The average molecular weight is 520 g/mol. The molecule has 2 aromatic carbocycles. The van der Waals surface area contributed by atoms with Gasteiger partial charge in [0.1, 0.15) is 11.8 Å². The number of hydrogen-bond acceptors (Lipinski definition) is 4.